The van der Waals surface area contributed by atoms with E-state index >= 15 is 0 Å². The van der Waals surface area contributed by atoms with Crippen LogP contribution in [0, 0.1) is 0 Å². The van der Waals surface area contributed by atoms with Crippen molar-refractivity contribution in [1.29, 1.82) is 0 Å². The van der Waals surface area contributed by atoms with Gasteiger partial charge in [0.05, 0.1) is 18.2 Å². The quantitative estimate of drug-likeness (QED) is 0.778. The molecule has 0 N–H and O–H groups in total. The van der Waals surface area contributed by atoms with Crippen LogP contribution >= 0.6 is 0 Å². The zero-order valence-electron chi connectivity index (χ0n) is 14.7. The minimum Gasteiger partial charge on any atom is -0.465 e. The summed E-state index contributed by atoms with van der Waals surface area (Å²) in [5, 5.41) is 0. The molecule has 0 amide bonds. The predicted octanol–water partition coefficient (Wildman–Crippen LogP) is 4.25. The fourth-order valence-corrected chi connectivity index (χ4v) is 4.07. The Morgan fingerprint density at radius 3 is 2.23 bits per heavy atom. The first-order chi connectivity index (χ1) is 12.6. The van der Waals surface area contributed by atoms with Crippen molar-refractivity contribution >= 4 is 23.1 Å². The zero-order valence-corrected chi connectivity index (χ0v) is 14.7. The molecule has 1 saturated carbocycles. The van der Waals surface area contributed by atoms with Gasteiger partial charge in [-0.05, 0) is 48.9 Å². The molecule has 0 saturated heterocycles. The average Bonchev–Trinajstić information content (AvgIpc) is 3.26. The number of hydrogen-bond donors (Lipinski definition) is 0. The van der Waals surface area contributed by atoms with Gasteiger partial charge in [-0.15, -0.1) is 0 Å². The van der Waals surface area contributed by atoms with E-state index in [1.54, 1.807) is 12.1 Å². The summed E-state index contributed by atoms with van der Waals surface area (Å²) in [6.07, 6.45) is 3.75. The van der Waals surface area contributed by atoms with E-state index in [2.05, 4.69) is 0 Å². The second-order valence-corrected chi connectivity index (χ2v) is 6.78. The molecule has 4 rings (SSSR count). The van der Waals surface area contributed by atoms with Crippen molar-refractivity contribution < 1.29 is 19.1 Å². The van der Waals surface area contributed by atoms with Crippen molar-refractivity contribution in [2.24, 2.45) is 0 Å². The minimum atomic E-state index is -0.547. The molecule has 0 bridgehead atoms. The highest BCUT2D eigenvalue weighted by atomic mass is 16.6. The molecule has 2 aromatic carbocycles. The van der Waals surface area contributed by atoms with Crippen LogP contribution in [0.3, 0.4) is 0 Å². The lowest BCUT2D eigenvalue weighted by molar-refractivity contribution is -0.143. The highest BCUT2D eigenvalue weighted by Gasteiger charge is 2.49. The smallest absolute Gasteiger partial charge is 0.340 e. The Labute approximate surface area is 152 Å². The summed E-state index contributed by atoms with van der Waals surface area (Å²) in [5.41, 5.74) is 3.32. The summed E-state index contributed by atoms with van der Waals surface area (Å²) in [6.45, 7) is 0. The van der Waals surface area contributed by atoms with Gasteiger partial charge in [-0.1, -0.05) is 42.5 Å². The fraction of sp³-hybridized carbons (Fsp3) is 0.273. The monoisotopic (exact) mass is 348 g/mol. The Hall–Kier alpha value is -2.88. The van der Waals surface area contributed by atoms with Gasteiger partial charge in [0.1, 0.15) is 5.60 Å². The van der Waals surface area contributed by atoms with Crippen LogP contribution in [0.25, 0.3) is 11.1 Å². The third kappa shape index (κ3) is 2.62. The summed E-state index contributed by atoms with van der Waals surface area (Å²) in [6, 6.07) is 16.9. The van der Waals surface area contributed by atoms with E-state index in [0.29, 0.717) is 11.1 Å². The number of ether oxygens (including phenoxy) is 2. The lowest BCUT2D eigenvalue weighted by Gasteiger charge is -2.26. The van der Waals surface area contributed by atoms with Crippen LogP contribution in [0.15, 0.2) is 54.6 Å². The van der Waals surface area contributed by atoms with Gasteiger partial charge in [0, 0.05) is 5.57 Å². The molecule has 4 heteroatoms. The van der Waals surface area contributed by atoms with Crippen LogP contribution < -0.4 is 0 Å². The molecule has 0 atom stereocenters. The SMILES string of the molecule is COC(=O)c1ccc(C2=C(c3ccccc3)C(=O)OC23CCCC3)cc1. The largest absolute Gasteiger partial charge is 0.465 e. The van der Waals surface area contributed by atoms with Crippen LogP contribution in [0.4, 0.5) is 0 Å². The molecule has 1 spiro atoms. The van der Waals surface area contributed by atoms with Gasteiger partial charge >= 0.3 is 11.9 Å². The standard InChI is InChI=1S/C22H20O4/c1-25-20(23)17-11-9-16(10-12-17)19-18(15-7-3-2-4-8-15)21(24)26-22(19)13-5-6-14-22/h2-4,7-12H,5-6,13-14H2,1H3. The molecule has 1 fully saturated rings. The Bertz CT molecular complexity index is 872. The second-order valence-electron chi connectivity index (χ2n) is 6.78. The molecule has 4 nitrogen and oxygen atoms in total. The maximum absolute atomic E-state index is 12.8. The number of carbonyl (C=O) groups is 2. The molecule has 1 aliphatic carbocycles. The van der Waals surface area contributed by atoms with E-state index in [1.807, 2.05) is 42.5 Å². The molecule has 132 valence electrons. The predicted molar refractivity (Wildman–Crippen MR) is 98.3 cm³/mol. The summed E-state index contributed by atoms with van der Waals surface area (Å²) in [4.78, 5) is 24.5. The number of carbonyl (C=O) groups excluding carboxylic acids is 2. The maximum atomic E-state index is 12.8. The molecular weight excluding hydrogens is 328 g/mol. The van der Waals surface area contributed by atoms with Gasteiger partial charge in [-0.3, -0.25) is 0 Å². The molecular formula is C22H20O4. The van der Waals surface area contributed by atoms with Gasteiger partial charge < -0.3 is 9.47 Å². The summed E-state index contributed by atoms with van der Waals surface area (Å²) < 4.78 is 10.7. The van der Waals surface area contributed by atoms with Crippen LogP contribution in [0.2, 0.25) is 0 Å². The Morgan fingerprint density at radius 2 is 1.62 bits per heavy atom. The molecule has 1 heterocycles. The molecule has 2 aromatic rings. The molecule has 0 unspecified atom stereocenters. The normalized spacial score (nSPS) is 18.3. The van der Waals surface area contributed by atoms with Crippen molar-refractivity contribution in [1.82, 2.24) is 0 Å². The van der Waals surface area contributed by atoms with Gasteiger partial charge in [-0.2, -0.15) is 0 Å². The average molecular weight is 348 g/mol. The summed E-state index contributed by atoms with van der Waals surface area (Å²) >= 11 is 0. The first-order valence-corrected chi connectivity index (χ1v) is 8.87. The molecule has 1 aliphatic heterocycles. The number of benzene rings is 2. The Balaban J connectivity index is 1.88. The molecule has 0 radical (unpaired) electrons. The van der Waals surface area contributed by atoms with Crippen molar-refractivity contribution in [3.8, 4) is 0 Å². The lowest BCUT2D eigenvalue weighted by Crippen LogP contribution is -2.27. The van der Waals surface area contributed by atoms with Gasteiger partial charge in [0.15, 0.2) is 0 Å². The minimum absolute atomic E-state index is 0.259. The third-order valence-electron chi connectivity index (χ3n) is 5.27. The van der Waals surface area contributed by atoms with Crippen LogP contribution in [-0.2, 0) is 14.3 Å². The van der Waals surface area contributed by atoms with E-state index < -0.39 is 5.60 Å². The number of hydrogen-bond acceptors (Lipinski definition) is 4. The highest BCUT2D eigenvalue weighted by molar-refractivity contribution is 6.28. The van der Waals surface area contributed by atoms with E-state index in [1.165, 1.54) is 7.11 Å². The molecule has 26 heavy (non-hydrogen) atoms. The fourth-order valence-electron chi connectivity index (χ4n) is 4.07. The van der Waals surface area contributed by atoms with Crippen LogP contribution in [-0.4, -0.2) is 24.6 Å². The summed E-state index contributed by atoms with van der Waals surface area (Å²) in [5.74, 6) is -0.631. The molecule has 2 aliphatic rings. The van der Waals surface area contributed by atoms with Gasteiger partial charge in [0.25, 0.3) is 0 Å². The van der Waals surface area contributed by atoms with Crippen LogP contribution in [0.1, 0.15) is 47.2 Å². The van der Waals surface area contributed by atoms with Crippen molar-refractivity contribution in [2.45, 2.75) is 31.3 Å². The highest BCUT2D eigenvalue weighted by Crippen LogP contribution is 2.52. The lowest BCUT2D eigenvalue weighted by atomic mass is 9.83. The Morgan fingerprint density at radius 1 is 0.962 bits per heavy atom. The van der Waals surface area contributed by atoms with E-state index in [0.717, 1.165) is 42.4 Å². The van der Waals surface area contributed by atoms with E-state index in [4.69, 9.17) is 9.47 Å². The first-order valence-electron chi connectivity index (χ1n) is 8.87. The van der Waals surface area contributed by atoms with Crippen molar-refractivity contribution in [2.75, 3.05) is 7.11 Å². The third-order valence-corrected chi connectivity index (χ3v) is 5.27. The number of rotatable bonds is 3. The Kier molecular flexibility index (Phi) is 4.11. The maximum Gasteiger partial charge on any atom is 0.340 e. The van der Waals surface area contributed by atoms with Gasteiger partial charge in [-0.25, -0.2) is 9.59 Å². The second kappa shape index (κ2) is 6.45. The first kappa shape index (κ1) is 16.6. The van der Waals surface area contributed by atoms with Crippen molar-refractivity contribution in [3.05, 3.63) is 71.3 Å². The van der Waals surface area contributed by atoms with E-state index in [-0.39, 0.29) is 11.9 Å². The number of esters is 2. The summed E-state index contributed by atoms with van der Waals surface area (Å²) in [7, 11) is 1.36. The number of methoxy groups -OCH3 is 1. The topological polar surface area (TPSA) is 52.6 Å². The molecule has 0 aromatic heterocycles. The van der Waals surface area contributed by atoms with Gasteiger partial charge in [0.2, 0.25) is 0 Å². The van der Waals surface area contributed by atoms with Crippen molar-refractivity contribution in [3.63, 3.8) is 0 Å². The van der Waals surface area contributed by atoms with E-state index in [9.17, 15) is 9.59 Å². The van der Waals surface area contributed by atoms with Crippen LogP contribution in [0.5, 0.6) is 0 Å². The zero-order chi connectivity index (χ0) is 18.1.